The van der Waals surface area contributed by atoms with Gasteiger partial charge in [0, 0.05) is 11.6 Å². The maximum Gasteiger partial charge on any atom is 0.418 e. The van der Waals surface area contributed by atoms with E-state index < -0.39 is 52.7 Å². The van der Waals surface area contributed by atoms with E-state index in [2.05, 4.69) is 5.32 Å². The average Bonchev–Trinajstić information content (AvgIpc) is 3.52. The molecule has 3 aromatic carbocycles. The highest BCUT2D eigenvalue weighted by atomic mass is 19.4. The van der Waals surface area contributed by atoms with E-state index in [-0.39, 0.29) is 17.3 Å². The van der Waals surface area contributed by atoms with Crippen molar-refractivity contribution >= 4 is 28.4 Å². The zero-order valence-electron chi connectivity index (χ0n) is 21.4. The van der Waals surface area contributed by atoms with E-state index in [0.29, 0.717) is 27.1 Å². The average molecular weight is 545 g/mol. The third kappa shape index (κ3) is 2.99. The molecule has 0 radical (unpaired) electrons. The first kappa shape index (κ1) is 24.7. The molecule has 1 aromatic heterocycles. The van der Waals surface area contributed by atoms with E-state index in [1.165, 1.54) is 16.7 Å². The van der Waals surface area contributed by atoms with Gasteiger partial charge in [-0.05, 0) is 36.2 Å². The number of nitrogens with one attached hydrogen (secondary N) is 1. The lowest BCUT2D eigenvalue weighted by Gasteiger charge is -2.32. The standard InChI is InChI=1S/C30H23F3N4O3/c1-15(2)24-22-23(27(40)36(26(22)39)21-14-8-5-11-18(21)30(31,32)33)29(35-24)17-10-4-7-13-20(17)37-25(38)16-9-3-6-12-19(16)34-28(29)37/h3-15,22-24,35H,1-2H3/t22-,23-,24+,29+/m1/s1. The summed E-state index contributed by atoms with van der Waals surface area (Å²) in [4.78, 5) is 47.8. The van der Waals surface area contributed by atoms with Gasteiger partial charge in [-0.1, -0.05) is 56.3 Å². The molecule has 0 unspecified atom stereocenters. The summed E-state index contributed by atoms with van der Waals surface area (Å²) in [6, 6.07) is 18.0. The van der Waals surface area contributed by atoms with Crippen LogP contribution in [0.2, 0.25) is 0 Å². The molecule has 10 heteroatoms. The van der Waals surface area contributed by atoms with Crippen LogP contribution in [0.1, 0.15) is 30.8 Å². The van der Waals surface area contributed by atoms with Gasteiger partial charge < -0.3 is 0 Å². The summed E-state index contributed by atoms with van der Waals surface area (Å²) in [6.45, 7) is 3.78. The lowest BCUT2D eigenvalue weighted by Crippen LogP contribution is -2.51. The number of imide groups is 1. The molecule has 1 spiro atoms. The number of anilines is 1. The first-order valence-corrected chi connectivity index (χ1v) is 13.0. The molecule has 4 aromatic rings. The number of nitrogens with zero attached hydrogens (tertiary/aromatic N) is 3. The van der Waals surface area contributed by atoms with Crippen molar-refractivity contribution in [3.8, 4) is 5.69 Å². The molecule has 2 amide bonds. The fourth-order valence-corrected chi connectivity index (χ4v) is 6.87. The van der Waals surface area contributed by atoms with E-state index >= 15 is 0 Å². The fourth-order valence-electron chi connectivity index (χ4n) is 6.87. The minimum Gasteiger partial charge on any atom is -0.296 e. The van der Waals surface area contributed by atoms with Gasteiger partial charge in [0.2, 0.25) is 11.8 Å². The van der Waals surface area contributed by atoms with Crippen molar-refractivity contribution in [3.63, 3.8) is 0 Å². The van der Waals surface area contributed by atoms with Crippen molar-refractivity contribution in [3.05, 3.63) is 100 Å². The molecular weight excluding hydrogens is 521 g/mol. The highest BCUT2D eigenvalue weighted by Crippen LogP contribution is 2.57. The number of carbonyl (C=O) groups excluding carboxylic acids is 2. The molecule has 0 bridgehead atoms. The molecule has 7 rings (SSSR count). The number of benzene rings is 3. The van der Waals surface area contributed by atoms with Crippen LogP contribution in [0.4, 0.5) is 18.9 Å². The van der Waals surface area contributed by atoms with Gasteiger partial charge in [-0.25, -0.2) is 9.88 Å². The molecule has 40 heavy (non-hydrogen) atoms. The van der Waals surface area contributed by atoms with Crippen LogP contribution >= 0.6 is 0 Å². The van der Waals surface area contributed by atoms with Crippen molar-refractivity contribution in [1.82, 2.24) is 14.9 Å². The molecular formula is C30H23F3N4O3. The third-order valence-electron chi connectivity index (χ3n) is 8.47. The Morgan fingerprint density at radius 3 is 2.25 bits per heavy atom. The predicted octanol–water partition coefficient (Wildman–Crippen LogP) is 4.40. The van der Waals surface area contributed by atoms with Gasteiger partial charge in [0.15, 0.2) is 0 Å². The first-order chi connectivity index (χ1) is 19.1. The second kappa shape index (κ2) is 8.11. The Morgan fingerprint density at radius 1 is 0.875 bits per heavy atom. The lowest BCUT2D eigenvalue weighted by atomic mass is 9.75. The summed E-state index contributed by atoms with van der Waals surface area (Å²) in [7, 11) is 0. The SMILES string of the molecule is CC(C)[C@@H]1N[C@@]2(c3ccccc3-n3c2nc2ccccc2c3=O)[C@H]2C(=O)N(c3ccccc3C(F)(F)F)C(=O)[C@@H]12. The van der Waals surface area contributed by atoms with Crippen molar-refractivity contribution in [2.45, 2.75) is 31.6 Å². The zero-order chi connectivity index (χ0) is 28.1. The van der Waals surface area contributed by atoms with Crippen LogP contribution in [0.15, 0.2) is 77.6 Å². The van der Waals surface area contributed by atoms with Gasteiger partial charge in [-0.3, -0.25) is 24.3 Å². The van der Waals surface area contributed by atoms with Gasteiger partial charge in [-0.2, -0.15) is 13.2 Å². The van der Waals surface area contributed by atoms with E-state index in [4.69, 9.17) is 4.98 Å². The highest BCUT2D eigenvalue weighted by molar-refractivity contribution is 6.23. The van der Waals surface area contributed by atoms with Gasteiger partial charge in [0.25, 0.3) is 5.56 Å². The predicted molar refractivity (Wildman–Crippen MR) is 141 cm³/mol. The van der Waals surface area contributed by atoms with Gasteiger partial charge in [0.1, 0.15) is 11.4 Å². The number of fused-ring (bicyclic) bond motifs is 8. The Morgan fingerprint density at radius 2 is 1.52 bits per heavy atom. The number of carbonyl (C=O) groups is 2. The molecule has 3 aliphatic heterocycles. The van der Waals surface area contributed by atoms with E-state index in [9.17, 15) is 27.6 Å². The minimum absolute atomic E-state index is 0.171. The molecule has 202 valence electrons. The van der Waals surface area contributed by atoms with E-state index in [0.717, 1.165) is 12.1 Å². The maximum atomic E-state index is 14.4. The van der Waals surface area contributed by atoms with E-state index in [1.54, 1.807) is 48.5 Å². The Kier molecular flexibility index (Phi) is 5.01. The quantitative estimate of drug-likeness (QED) is 0.379. The van der Waals surface area contributed by atoms with Gasteiger partial charge in [0.05, 0.1) is 39.7 Å². The monoisotopic (exact) mass is 544 g/mol. The molecule has 0 aliphatic carbocycles. The van der Waals surface area contributed by atoms with Gasteiger partial charge >= 0.3 is 6.18 Å². The highest BCUT2D eigenvalue weighted by Gasteiger charge is 2.70. The van der Waals surface area contributed by atoms with Crippen molar-refractivity contribution < 1.29 is 22.8 Å². The Labute approximate surface area is 226 Å². The summed E-state index contributed by atoms with van der Waals surface area (Å²) in [5.74, 6) is -3.48. The number of amides is 2. The second-order valence-electron chi connectivity index (χ2n) is 10.9. The lowest BCUT2D eigenvalue weighted by molar-refractivity contribution is -0.137. The minimum atomic E-state index is -4.78. The summed E-state index contributed by atoms with van der Waals surface area (Å²) in [5.41, 5.74) is -1.76. The second-order valence-corrected chi connectivity index (χ2v) is 10.9. The third-order valence-corrected chi connectivity index (χ3v) is 8.47. The molecule has 3 aliphatic rings. The number of alkyl halides is 3. The first-order valence-electron chi connectivity index (χ1n) is 13.0. The molecule has 7 nitrogen and oxygen atoms in total. The van der Waals surface area contributed by atoms with Crippen LogP contribution in [0.25, 0.3) is 16.6 Å². The van der Waals surface area contributed by atoms with Crippen LogP contribution in [-0.2, 0) is 21.3 Å². The summed E-state index contributed by atoms with van der Waals surface area (Å²) < 4.78 is 43.5. The maximum absolute atomic E-state index is 14.4. The summed E-state index contributed by atoms with van der Waals surface area (Å²) >= 11 is 0. The molecule has 1 N–H and O–H groups in total. The zero-order valence-corrected chi connectivity index (χ0v) is 21.4. The van der Waals surface area contributed by atoms with Crippen molar-refractivity contribution in [2.75, 3.05) is 4.90 Å². The largest absolute Gasteiger partial charge is 0.418 e. The van der Waals surface area contributed by atoms with Crippen LogP contribution in [-0.4, -0.2) is 27.4 Å². The van der Waals surface area contributed by atoms with Crippen molar-refractivity contribution in [2.24, 2.45) is 17.8 Å². The molecule has 0 saturated carbocycles. The Hall–Kier alpha value is -4.31. The number of para-hydroxylation sites is 3. The number of aromatic nitrogens is 2. The number of hydrogen-bond acceptors (Lipinski definition) is 5. The molecule has 4 heterocycles. The molecule has 4 atom stereocenters. The van der Waals surface area contributed by atoms with Crippen molar-refractivity contribution in [1.29, 1.82) is 0 Å². The van der Waals surface area contributed by atoms with Crippen LogP contribution < -0.4 is 15.8 Å². The van der Waals surface area contributed by atoms with Crippen LogP contribution in [0, 0.1) is 17.8 Å². The summed E-state index contributed by atoms with van der Waals surface area (Å²) in [6.07, 6.45) is -4.78. The van der Waals surface area contributed by atoms with Crippen LogP contribution in [0.3, 0.4) is 0 Å². The number of rotatable bonds is 2. The Balaban J connectivity index is 1.53. The molecule has 2 saturated heterocycles. The smallest absolute Gasteiger partial charge is 0.296 e. The Bertz CT molecular complexity index is 1810. The van der Waals surface area contributed by atoms with Gasteiger partial charge in [-0.15, -0.1) is 0 Å². The number of halogens is 3. The topological polar surface area (TPSA) is 84.3 Å². The normalized spacial score (nSPS) is 25.2. The summed E-state index contributed by atoms with van der Waals surface area (Å²) in [5, 5.41) is 3.93. The number of hydrogen-bond donors (Lipinski definition) is 1. The molecule has 2 fully saturated rings. The fraction of sp³-hybridized carbons (Fsp3) is 0.267. The van der Waals surface area contributed by atoms with Crippen LogP contribution in [0.5, 0.6) is 0 Å². The van der Waals surface area contributed by atoms with E-state index in [1.807, 2.05) is 13.8 Å².